The van der Waals surface area contributed by atoms with Crippen molar-refractivity contribution in [2.75, 3.05) is 0 Å². The van der Waals surface area contributed by atoms with E-state index < -0.39 is 21.8 Å². The molecule has 22 heavy (non-hydrogen) atoms. The molecule has 2 aromatic heterocycles. The number of aromatic nitrogens is 2. The zero-order valence-corrected chi connectivity index (χ0v) is 12.0. The zero-order valence-electron chi connectivity index (χ0n) is 12.0. The van der Waals surface area contributed by atoms with E-state index in [0.29, 0.717) is 17.0 Å². The van der Waals surface area contributed by atoms with Crippen molar-refractivity contribution in [2.45, 2.75) is 19.4 Å². The van der Waals surface area contributed by atoms with Gasteiger partial charge in [0, 0.05) is 24.7 Å². The lowest BCUT2D eigenvalue weighted by molar-refractivity contribution is -0.386. The Morgan fingerprint density at radius 3 is 2.86 bits per heavy atom. The smallest absolute Gasteiger partial charge is 0.334 e. The van der Waals surface area contributed by atoms with Gasteiger partial charge in [-0.1, -0.05) is 0 Å². The van der Waals surface area contributed by atoms with Crippen LogP contribution in [-0.4, -0.2) is 20.1 Å². The summed E-state index contributed by atoms with van der Waals surface area (Å²) in [7, 11) is 0. The predicted octanol–water partition coefficient (Wildman–Crippen LogP) is 2.21. The van der Waals surface area contributed by atoms with Crippen LogP contribution in [0.4, 0.5) is 5.69 Å². The van der Waals surface area contributed by atoms with Crippen LogP contribution in [0.5, 0.6) is 5.75 Å². The maximum Gasteiger partial charge on any atom is 0.334 e. The molecule has 0 aliphatic carbocycles. The van der Waals surface area contributed by atoms with Crippen molar-refractivity contribution in [1.29, 1.82) is 0 Å². The molecule has 0 bridgehead atoms. The summed E-state index contributed by atoms with van der Waals surface area (Å²) in [5, 5.41) is 11.0. The van der Waals surface area contributed by atoms with Crippen LogP contribution in [0.2, 0.25) is 0 Å². The van der Waals surface area contributed by atoms with Crippen molar-refractivity contribution in [3.63, 3.8) is 0 Å². The van der Waals surface area contributed by atoms with Crippen LogP contribution in [0.15, 0.2) is 47.7 Å². The van der Waals surface area contributed by atoms with E-state index in [2.05, 4.69) is 4.98 Å². The van der Waals surface area contributed by atoms with Gasteiger partial charge in [0.15, 0.2) is 0 Å². The highest BCUT2D eigenvalue weighted by Gasteiger charge is 2.29. The molecule has 0 N–H and O–H groups in total. The van der Waals surface area contributed by atoms with Gasteiger partial charge < -0.3 is 4.74 Å². The second kappa shape index (κ2) is 4.80. The summed E-state index contributed by atoms with van der Waals surface area (Å²) in [6, 6.07) is 4.36. The molecule has 3 heterocycles. The summed E-state index contributed by atoms with van der Waals surface area (Å²) < 4.78 is 7.08. The normalized spacial score (nSPS) is 15.5. The number of ether oxygens (including phenoxy) is 1. The van der Waals surface area contributed by atoms with Gasteiger partial charge in [-0.2, -0.15) is 0 Å². The maximum absolute atomic E-state index is 12.3. The topological polar surface area (TPSA) is 87.3 Å². The van der Waals surface area contributed by atoms with Crippen LogP contribution in [0.1, 0.15) is 19.4 Å². The Labute approximate surface area is 125 Å². The van der Waals surface area contributed by atoms with E-state index in [1.807, 2.05) is 13.8 Å². The average Bonchev–Trinajstić information content (AvgIpc) is 2.45. The minimum absolute atomic E-state index is 0.474. The standard InChI is InChI=1S/C15H13N3O4/c1-15(2)8-12(10-9-16-6-5-13(10)22-15)17-7-3-4-11(14(17)19)18(20)21/h3-9H,1-2H3. The van der Waals surface area contributed by atoms with Crippen molar-refractivity contribution in [3.8, 4) is 5.75 Å². The number of hydrogen-bond donors (Lipinski definition) is 0. The summed E-state index contributed by atoms with van der Waals surface area (Å²) in [6.07, 6.45) is 6.41. The first-order valence-corrected chi connectivity index (χ1v) is 6.62. The fourth-order valence-electron chi connectivity index (χ4n) is 2.39. The number of rotatable bonds is 2. The molecule has 0 aromatic carbocycles. The summed E-state index contributed by atoms with van der Waals surface area (Å²) >= 11 is 0. The molecule has 0 amide bonds. The molecule has 0 saturated carbocycles. The third-order valence-electron chi connectivity index (χ3n) is 3.30. The van der Waals surface area contributed by atoms with Crippen LogP contribution in [-0.2, 0) is 0 Å². The number of nitro groups is 1. The lowest BCUT2D eigenvalue weighted by Crippen LogP contribution is -2.32. The highest BCUT2D eigenvalue weighted by molar-refractivity contribution is 5.73. The molecule has 0 saturated heterocycles. The maximum atomic E-state index is 12.3. The van der Waals surface area contributed by atoms with Gasteiger partial charge in [-0.15, -0.1) is 0 Å². The largest absolute Gasteiger partial charge is 0.483 e. The van der Waals surface area contributed by atoms with Crippen LogP contribution in [0.25, 0.3) is 5.70 Å². The number of fused-ring (bicyclic) bond motifs is 1. The fraction of sp³-hybridized carbons (Fsp3) is 0.200. The Bertz CT molecular complexity index is 852. The highest BCUT2D eigenvalue weighted by Crippen LogP contribution is 2.35. The minimum Gasteiger partial charge on any atom is -0.483 e. The van der Waals surface area contributed by atoms with Gasteiger partial charge >= 0.3 is 11.2 Å². The Morgan fingerprint density at radius 2 is 2.14 bits per heavy atom. The van der Waals surface area contributed by atoms with Gasteiger partial charge in [0.1, 0.15) is 11.4 Å². The Kier molecular flexibility index (Phi) is 3.05. The first kappa shape index (κ1) is 14.0. The average molecular weight is 299 g/mol. The lowest BCUT2D eigenvalue weighted by atomic mass is 10.0. The molecule has 0 atom stereocenters. The van der Waals surface area contributed by atoms with E-state index in [-0.39, 0.29) is 0 Å². The van der Waals surface area contributed by atoms with E-state index in [1.54, 1.807) is 24.5 Å². The molecule has 2 aromatic rings. The van der Waals surface area contributed by atoms with Gasteiger partial charge in [0.2, 0.25) is 0 Å². The molecule has 1 aliphatic heterocycles. The fourth-order valence-corrected chi connectivity index (χ4v) is 2.39. The van der Waals surface area contributed by atoms with Crippen molar-refractivity contribution in [2.24, 2.45) is 0 Å². The first-order valence-electron chi connectivity index (χ1n) is 6.62. The Balaban J connectivity index is 2.27. The van der Waals surface area contributed by atoms with E-state index >= 15 is 0 Å². The molecule has 7 nitrogen and oxygen atoms in total. The lowest BCUT2D eigenvalue weighted by Gasteiger charge is -2.31. The molecule has 0 radical (unpaired) electrons. The first-order chi connectivity index (χ1) is 10.4. The Morgan fingerprint density at radius 1 is 1.36 bits per heavy atom. The van der Waals surface area contributed by atoms with Crippen LogP contribution < -0.4 is 10.3 Å². The van der Waals surface area contributed by atoms with Gasteiger partial charge in [0.05, 0.1) is 16.2 Å². The van der Waals surface area contributed by atoms with E-state index in [4.69, 9.17) is 4.74 Å². The van der Waals surface area contributed by atoms with E-state index in [1.165, 1.54) is 22.9 Å². The summed E-state index contributed by atoms with van der Waals surface area (Å²) in [5.41, 5.74) is -0.671. The van der Waals surface area contributed by atoms with Crippen molar-refractivity contribution >= 4 is 11.4 Å². The SMILES string of the molecule is CC1(C)C=C(n2cccc([N+](=O)[O-])c2=O)c2cnccc2O1. The van der Waals surface area contributed by atoms with Crippen molar-refractivity contribution < 1.29 is 9.66 Å². The monoisotopic (exact) mass is 299 g/mol. The van der Waals surface area contributed by atoms with Crippen LogP contribution in [0.3, 0.4) is 0 Å². The molecule has 0 fully saturated rings. The van der Waals surface area contributed by atoms with Crippen LogP contribution >= 0.6 is 0 Å². The predicted molar refractivity (Wildman–Crippen MR) is 79.7 cm³/mol. The van der Waals surface area contributed by atoms with Crippen LogP contribution in [0, 0.1) is 10.1 Å². The summed E-state index contributed by atoms with van der Waals surface area (Å²) in [4.78, 5) is 26.7. The molecular weight excluding hydrogens is 286 g/mol. The number of pyridine rings is 2. The molecule has 0 spiro atoms. The zero-order chi connectivity index (χ0) is 15.9. The van der Waals surface area contributed by atoms with E-state index in [0.717, 1.165) is 0 Å². The summed E-state index contributed by atoms with van der Waals surface area (Å²) in [5.74, 6) is 0.580. The van der Waals surface area contributed by atoms with Gasteiger partial charge in [0.25, 0.3) is 0 Å². The molecule has 112 valence electrons. The summed E-state index contributed by atoms with van der Waals surface area (Å²) in [6.45, 7) is 3.69. The third-order valence-corrected chi connectivity index (χ3v) is 3.30. The minimum atomic E-state index is -0.689. The van der Waals surface area contributed by atoms with Crippen molar-refractivity contribution in [3.05, 3.63) is 68.9 Å². The molecule has 0 unspecified atom stereocenters. The number of nitrogens with zero attached hydrogens (tertiary/aromatic N) is 3. The van der Waals surface area contributed by atoms with Crippen molar-refractivity contribution in [1.82, 2.24) is 9.55 Å². The Hall–Kier alpha value is -2.96. The molecular formula is C15H13N3O4. The molecule has 7 heteroatoms. The second-order valence-electron chi connectivity index (χ2n) is 5.43. The number of hydrogen-bond acceptors (Lipinski definition) is 5. The molecule has 3 rings (SSSR count). The highest BCUT2D eigenvalue weighted by atomic mass is 16.6. The van der Waals surface area contributed by atoms with Gasteiger partial charge in [-0.25, -0.2) is 0 Å². The van der Waals surface area contributed by atoms with Gasteiger partial charge in [-0.05, 0) is 32.1 Å². The third kappa shape index (κ3) is 2.26. The quantitative estimate of drug-likeness (QED) is 0.626. The van der Waals surface area contributed by atoms with Gasteiger partial charge in [-0.3, -0.25) is 24.5 Å². The molecule has 1 aliphatic rings. The van der Waals surface area contributed by atoms with E-state index in [9.17, 15) is 14.9 Å². The second-order valence-corrected chi connectivity index (χ2v) is 5.43.